The summed E-state index contributed by atoms with van der Waals surface area (Å²) in [5.74, 6) is 0.628. The van der Waals surface area contributed by atoms with E-state index < -0.39 is 0 Å². The average Bonchev–Trinajstić information content (AvgIpc) is 2.64. The number of benzene rings is 1. The third-order valence-electron chi connectivity index (χ3n) is 1.48. The van der Waals surface area contributed by atoms with Crippen LogP contribution in [-0.4, -0.2) is 4.98 Å². The number of para-hydroxylation sites is 1. The summed E-state index contributed by atoms with van der Waals surface area (Å²) in [4.78, 5) is 3.81. The van der Waals surface area contributed by atoms with Crippen LogP contribution in [0, 0.1) is 6.26 Å². The topological polar surface area (TPSA) is 35.3 Å². The second-order valence-corrected chi connectivity index (χ2v) is 4.11. The van der Waals surface area contributed by atoms with Gasteiger partial charge in [0.15, 0.2) is 12.0 Å². The maximum absolute atomic E-state index is 5.38. The molecule has 1 radical (unpaired) electrons. The van der Waals surface area contributed by atoms with Crippen molar-refractivity contribution in [1.29, 1.82) is 0 Å². The van der Waals surface area contributed by atoms with Gasteiger partial charge in [-0.3, -0.25) is 0 Å². The Bertz CT molecular complexity index is 408. The van der Waals surface area contributed by atoms with Gasteiger partial charge < -0.3 is 9.15 Å². The molecule has 2 rings (SSSR count). The number of nitrogens with zero attached hydrogens (tertiary/aromatic N) is 1. The molecule has 0 aliphatic heterocycles. The molecule has 1 aromatic heterocycles. The molecule has 2 aromatic rings. The number of ether oxygens (including phenoxy) is 1. The largest absolute Gasteiger partial charge is 0.409 e. The van der Waals surface area contributed by atoms with E-state index in [0.29, 0.717) is 5.75 Å². The lowest BCUT2D eigenvalue weighted by Crippen LogP contribution is -1.86. The molecule has 0 saturated heterocycles. The van der Waals surface area contributed by atoms with E-state index in [4.69, 9.17) is 9.15 Å². The van der Waals surface area contributed by atoms with Crippen LogP contribution in [0.5, 0.6) is 11.8 Å². The van der Waals surface area contributed by atoms with Crippen LogP contribution in [0.3, 0.4) is 0 Å². The fourth-order valence-corrected chi connectivity index (χ4v) is 2.06. The summed E-state index contributed by atoms with van der Waals surface area (Å²) >= 11 is 6.72. The van der Waals surface area contributed by atoms with Gasteiger partial charge >= 0.3 is 6.08 Å². The normalized spacial score (nSPS) is 10.1. The molecule has 0 aliphatic rings. The SMILES string of the molecule is Brc1cccc(Br)c1Oc1nc[c]o1. The van der Waals surface area contributed by atoms with Gasteiger partial charge in [-0.25, -0.2) is 0 Å². The van der Waals surface area contributed by atoms with Crippen molar-refractivity contribution < 1.29 is 9.15 Å². The van der Waals surface area contributed by atoms with E-state index in [1.807, 2.05) is 18.2 Å². The highest BCUT2D eigenvalue weighted by atomic mass is 79.9. The van der Waals surface area contributed by atoms with Crippen molar-refractivity contribution in [2.24, 2.45) is 0 Å². The molecule has 0 bridgehead atoms. The second kappa shape index (κ2) is 4.14. The Kier molecular flexibility index (Phi) is 2.88. The number of hydrogen-bond acceptors (Lipinski definition) is 3. The zero-order valence-corrected chi connectivity index (χ0v) is 10.0. The minimum Gasteiger partial charge on any atom is -0.409 e. The maximum atomic E-state index is 5.38. The molecule has 3 nitrogen and oxygen atoms in total. The first-order valence-corrected chi connectivity index (χ1v) is 5.29. The Hall–Kier alpha value is -0.810. The minimum atomic E-state index is 0.164. The van der Waals surface area contributed by atoms with E-state index in [-0.39, 0.29) is 6.08 Å². The standard InChI is InChI=1S/C9H4Br2NO2/c10-6-2-1-3-7(11)8(6)14-9-12-4-5-13-9/h1-4H. The van der Waals surface area contributed by atoms with Crippen LogP contribution in [-0.2, 0) is 0 Å². The molecule has 0 N–H and O–H groups in total. The van der Waals surface area contributed by atoms with Gasteiger partial charge in [0.25, 0.3) is 0 Å². The molecule has 0 atom stereocenters. The predicted octanol–water partition coefficient (Wildman–Crippen LogP) is 3.79. The average molecular weight is 318 g/mol. The summed E-state index contributed by atoms with van der Waals surface area (Å²) < 4.78 is 11.9. The summed E-state index contributed by atoms with van der Waals surface area (Å²) in [7, 11) is 0. The van der Waals surface area contributed by atoms with Crippen molar-refractivity contribution in [2.75, 3.05) is 0 Å². The summed E-state index contributed by atoms with van der Waals surface area (Å²) in [6, 6.07) is 5.63. The van der Waals surface area contributed by atoms with Crippen molar-refractivity contribution in [2.45, 2.75) is 0 Å². The molecule has 0 saturated carbocycles. The lowest BCUT2D eigenvalue weighted by atomic mass is 10.3. The summed E-state index contributed by atoms with van der Waals surface area (Å²) in [6.07, 6.45) is 4.01. The number of halogens is 2. The van der Waals surface area contributed by atoms with Crippen LogP contribution in [0.1, 0.15) is 0 Å². The molecular weight excluding hydrogens is 314 g/mol. The number of oxazole rings is 1. The van der Waals surface area contributed by atoms with Gasteiger partial charge in [0.2, 0.25) is 0 Å². The van der Waals surface area contributed by atoms with Gasteiger partial charge in [-0.05, 0) is 44.0 Å². The summed E-state index contributed by atoms with van der Waals surface area (Å²) in [5.41, 5.74) is 0. The Morgan fingerprint density at radius 1 is 1.29 bits per heavy atom. The molecule has 5 heteroatoms. The van der Waals surface area contributed by atoms with Crippen LogP contribution >= 0.6 is 31.9 Å². The lowest BCUT2D eigenvalue weighted by molar-refractivity contribution is 0.325. The quantitative estimate of drug-likeness (QED) is 0.845. The Labute approximate surface area is 97.4 Å². The second-order valence-electron chi connectivity index (χ2n) is 2.40. The third-order valence-corrected chi connectivity index (χ3v) is 2.73. The zero-order chi connectivity index (χ0) is 9.97. The van der Waals surface area contributed by atoms with Gasteiger partial charge in [0, 0.05) is 0 Å². The minimum absolute atomic E-state index is 0.164. The summed E-state index contributed by atoms with van der Waals surface area (Å²) in [5, 5.41) is 0. The first-order valence-electron chi connectivity index (χ1n) is 3.71. The van der Waals surface area contributed by atoms with Crippen LogP contribution in [0.25, 0.3) is 0 Å². The van der Waals surface area contributed by atoms with Crippen LogP contribution in [0.4, 0.5) is 0 Å². The molecule has 1 heterocycles. The Balaban J connectivity index is 2.33. The van der Waals surface area contributed by atoms with Crippen molar-refractivity contribution in [3.63, 3.8) is 0 Å². The molecule has 0 amide bonds. The Morgan fingerprint density at radius 3 is 2.57 bits per heavy atom. The van der Waals surface area contributed by atoms with Gasteiger partial charge in [-0.1, -0.05) is 6.07 Å². The molecule has 0 aliphatic carbocycles. The number of hydrogen-bond donors (Lipinski definition) is 0. The highest BCUT2D eigenvalue weighted by molar-refractivity contribution is 9.11. The molecule has 14 heavy (non-hydrogen) atoms. The van der Waals surface area contributed by atoms with E-state index in [2.05, 4.69) is 43.1 Å². The van der Waals surface area contributed by atoms with Crippen LogP contribution in [0.15, 0.2) is 37.8 Å². The monoisotopic (exact) mass is 316 g/mol. The van der Waals surface area contributed by atoms with E-state index in [0.717, 1.165) is 8.95 Å². The first-order chi connectivity index (χ1) is 6.77. The van der Waals surface area contributed by atoms with Crippen molar-refractivity contribution in [3.05, 3.63) is 39.6 Å². The molecule has 0 unspecified atom stereocenters. The first kappa shape index (κ1) is 9.73. The van der Waals surface area contributed by atoms with Crippen molar-refractivity contribution in [1.82, 2.24) is 4.98 Å². The van der Waals surface area contributed by atoms with E-state index >= 15 is 0 Å². The van der Waals surface area contributed by atoms with E-state index in [9.17, 15) is 0 Å². The van der Waals surface area contributed by atoms with E-state index in [1.54, 1.807) is 0 Å². The zero-order valence-electron chi connectivity index (χ0n) is 6.83. The van der Waals surface area contributed by atoms with Gasteiger partial charge in [0.1, 0.15) is 0 Å². The van der Waals surface area contributed by atoms with Gasteiger partial charge in [0.05, 0.1) is 15.1 Å². The molecule has 71 valence electrons. The summed E-state index contributed by atoms with van der Waals surface area (Å²) in [6.45, 7) is 0. The smallest absolute Gasteiger partial charge is 0.399 e. The fourth-order valence-electron chi connectivity index (χ4n) is 0.897. The molecule has 1 aromatic carbocycles. The third kappa shape index (κ3) is 1.99. The maximum Gasteiger partial charge on any atom is 0.399 e. The predicted molar refractivity (Wildman–Crippen MR) is 57.3 cm³/mol. The Morgan fingerprint density at radius 2 is 2.00 bits per heavy atom. The number of rotatable bonds is 2. The number of aromatic nitrogens is 1. The van der Waals surface area contributed by atoms with Gasteiger partial charge in [-0.2, -0.15) is 4.98 Å². The van der Waals surface area contributed by atoms with Crippen LogP contribution in [0.2, 0.25) is 0 Å². The van der Waals surface area contributed by atoms with Crippen molar-refractivity contribution >= 4 is 31.9 Å². The highest BCUT2D eigenvalue weighted by Gasteiger charge is 2.09. The van der Waals surface area contributed by atoms with Gasteiger partial charge in [-0.15, -0.1) is 0 Å². The lowest BCUT2D eigenvalue weighted by Gasteiger charge is -2.04. The van der Waals surface area contributed by atoms with Crippen LogP contribution < -0.4 is 4.74 Å². The molecular formula is C9H4Br2NO2. The fraction of sp³-hybridized carbons (Fsp3) is 0. The molecule has 0 spiro atoms. The van der Waals surface area contributed by atoms with Crippen molar-refractivity contribution in [3.8, 4) is 11.8 Å². The van der Waals surface area contributed by atoms with E-state index in [1.165, 1.54) is 6.20 Å². The highest BCUT2D eigenvalue weighted by Crippen LogP contribution is 2.35. The molecule has 0 fully saturated rings.